The fourth-order valence-electron chi connectivity index (χ4n) is 1.91. The molecule has 2 aromatic rings. The van der Waals surface area contributed by atoms with Gasteiger partial charge in [0.1, 0.15) is 0 Å². The number of nitrogens with zero attached hydrogens (tertiary/aromatic N) is 3. The first-order valence-electron chi connectivity index (χ1n) is 5.95. The Balaban J connectivity index is 2.56. The molecule has 1 aromatic heterocycles. The number of hydrogen-bond donors (Lipinski definition) is 1. The zero-order valence-corrected chi connectivity index (χ0v) is 11.5. The molecule has 1 aromatic carbocycles. The molecule has 1 N–H and O–H groups in total. The van der Waals surface area contributed by atoms with Gasteiger partial charge in [-0.3, -0.25) is 15.2 Å². The van der Waals surface area contributed by atoms with Crippen LogP contribution >= 0.6 is 12.2 Å². The van der Waals surface area contributed by atoms with Crippen LogP contribution in [0.5, 0.6) is 0 Å². The van der Waals surface area contributed by atoms with E-state index in [2.05, 4.69) is 10.2 Å². The fraction of sp³-hybridized carbons (Fsp3) is 0.333. The average Bonchev–Trinajstić information content (AvgIpc) is 2.72. The summed E-state index contributed by atoms with van der Waals surface area (Å²) in [6.45, 7) is 4.48. The molecule has 0 radical (unpaired) electrons. The van der Waals surface area contributed by atoms with E-state index in [1.165, 1.54) is 6.07 Å². The average molecular weight is 278 g/mol. The summed E-state index contributed by atoms with van der Waals surface area (Å²) in [5.41, 5.74) is 1.41. The molecule has 0 bridgehead atoms. The van der Waals surface area contributed by atoms with Gasteiger partial charge in [-0.25, -0.2) is 0 Å². The molecule has 0 fully saturated rings. The van der Waals surface area contributed by atoms with Crippen LogP contribution in [0, 0.1) is 21.8 Å². The van der Waals surface area contributed by atoms with E-state index in [9.17, 15) is 10.1 Å². The quantitative estimate of drug-likeness (QED) is 0.529. The van der Waals surface area contributed by atoms with Crippen LogP contribution in [0.25, 0.3) is 11.4 Å². The van der Waals surface area contributed by atoms with Crippen LogP contribution in [0.3, 0.4) is 0 Å². The molecule has 1 heterocycles. The van der Waals surface area contributed by atoms with E-state index in [1.54, 1.807) is 13.0 Å². The van der Waals surface area contributed by atoms with Crippen molar-refractivity contribution < 1.29 is 4.92 Å². The third kappa shape index (κ3) is 2.55. The highest BCUT2D eigenvalue weighted by molar-refractivity contribution is 7.71. The van der Waals surface area contributed by atoms with E-state index < -0.39 is 0 Å². The Morgan fingerprint density at radius 1 is 1.53 bits per heavy atom. The number of nitro groups is 1. The molecule has 0 saturated heterocycles. The minimum absolute atomic E-state index is 0.0921. The van der Waals surface area contributed by atoms with E-state index in [0.717, 1.165) is 13.0 Å². The second-order valence-electron chi connectivity index (χ2n) is 4.26. The van der Waals surface area contributed by atoms with Crippen molar-refractivity contribution in [1.82, 2.24) is 14.8 Å². The van der Waals surface area contributed by atoms with Gasteiger partial charge in [0.05, 0.1) is 4.92 Å². The number of nitrogens with one attached hydrogen (secondary N) is 1. The molecule has 0 atom stereocenters. The SMILES string of the molecule is CCCn1c(-c2ccc(C)c([N+](=O)[O-])c2)n[nH]c1=S. The van der Waals surface area contributed by atoms with Crippen molar-refractivity contribution >= 4 is 17.9 Å². The van der Waals surface area contributed by atoms with Crippen LogP contribution < -0.4 is 0 Å². The first kappa shape index (κ1) is 13.4. The van der Waals surface area contributed by atoms with Gasteiger partial charge in [-0.15, -0.1) is 0 Å². The van der Waals surface area contributed by atoms with Gasteiger partial charge in [-0.2, -0.15) is 5.10 Å². The second kappa shape index (κ2) is 5.31. The number of benzene rings is 1. The summed E-state index contributed by atoms with van der Waals surface area (Å²) in [5, 5.41) is 17.9. The van der Waals surface area contributed by atoms with Gasteiger partial charge in [0.25, 0.3) is 5.69 Å². The normalized spacial score (nSPS) is 10.6. The van der Waals surface area contributed by atoms with Gasteiger partial charge in [0.15, 0.2) is 10.6 Å². The number of hydrogen-bond acceptors (Lipinski definition) is 4. The Morgan fingerprint density at radius 2 is 2.26 bits per heavy atom. The molecule has 2 rings (SSSR count). The van der Waals surface area contributed by atoms with Gasteiger partial charge in [-0.1, -0.05) is 19.1 Å². The Labute approximate surface area is 115 Å². The van der Waals surface area contributed by atoms with Crippen LogP contribution in [0.1, 0.15) is 18.9 Å². The third-order valence-electron chi connectivity index (χ3n) is 2.87. The van der Waals surface area contributed by atoms with Gasteiger partial charge in [-0.05, 0) is 25.6 Å². The lowest BCUT2D eigenvalue weighted by Crippen LogP contribution is -2.00. The molecule has 7 heteroatoms. The highest BCUT2D eigenvalue weighted by atomic mass is 32.1. The van der Waals surface area contributed by atoms with Crippen molar-refractivity contribution in [2.24, 2.45) is 0 Å². The molecule has 0 aliphatic carbocycles. The topological polar surface area (TPSA) is 76.8 Å². The molecule has 19 heavy (non-hydrogen) atoms. The molecule has 0 spiro atoms. The number of H-pyrrole nitrogens is 1. The Kier molecular flexibility index (Phi) is 3.75. The largest absolute Gasteiger partial charge is 0.300 e. The van der Waals surface area contributed by atoms with E-state index in [0.29, 0.717) is 21.7 Å². The van der Waals surface area contributed by atoms with E-state index >= 15 is 0 Å². The number of aryl methyl sites for hydroxylation is 1. The number of aromatic amines is 1. The summed E-state index contributed by atoms with van der Waals surface area (Å²) in [4.78, 5) is 10.6. The van der Waals surface area contributed by atoms with Crippen molar-refractivity contribution in [2.75, 3.05) is 0 Å². The van der Waals surface area contributed by atoms with Crippen LogP contribution in [0.15, 0.2) is 18.2 Å². The molecule has 0 unspecified atom stereocenters. The Morgan fingerprint density at radius 3 is 2.89 bits per heavy atom. The smallest absolute Gasteiger partial charge is 0.273 e. The molecule has 0 saturated carbocycles. The van der Waals surface area contributed by atoms with Crippen molar-refractivity contribution in [3.05, 3.63) is 38.6 Å². The predicted octanol–water partition coefficient (Wildman–Crippen LogP) is 3.23. The van der Waals surface area contributed by atoms with Crippen molar-refractivity contribution in [2.45, 2.75) is 26.8 Å². The fourth-order valence-corrected chi connectivity index (χ4v) is 2.14. The first-order chi connectivity index (χ1) is 9.04. The molecular weight excluding hydrogens is 264 g/mol. The summed E-state index contributed by atoms with van der Waals surface area (Å²) < 4.78 is 2.38. The molecule has 0 aliphatic rings. The van der Waals surface area contributed by atoms with E-state index in [4.69, 9.17) is 12.2 Å². The summed E-state index contributed by atoms with van der Waals surface area (Å²) in [6, 6.07) is 5.08. The second-order valence-corrected chi connectivity index (χ2v) is 4.65. The zero-order valence-electron chi connectivity index (χ0n) is 10.7. The minimum atomic E-state index is -0.385. The summed E-state index contributed by atoms with van der Waals surface area (Å²) in [7, 11) is 0. The van der Waals surface area contributed by atoms with Gasteiger partial charge in [0, 0.05) is 23.7 Å². The summed E-state index contributed by atoms with van der Waals surface area (Å²) >= 11 is 5.16. The van der Waals surface area contributed by atoms with Gasteiger partial charge in [0.2, 0.25) is 0 Å². The van der Waals surface area contributed by atoms with Crippen LogP contribution in [-0.4, -0.2) is 19.7 Å². The molecular formula is C12H14N4O2S. The maximum absolute atomic E-state index is 11.0. The van der Waals surface area contributed by atoms with Crippen molar-refractivity contribution in [3.8, 4) is 11.4 Å². The molecule has 0 amide bonds. The van der Waals surface area contributed by atoms with Gasteiger partial charge >= 0.3 is 0 Å². The maximum Gasteiger partial charge on any atom is 0.273 e. The minimum Gasteiger partial charge on any atom is -0.300 e. The summed E-state index contributed by atoms with van der Waals surface area (Å²) in [6.07, 6.45) is 0.912. The van der Waals surface area contributed by atoms with Crippen LogP contribution in [0.4, 0.5) is 5.69 Å². The lowest BCUT2D eigenvalue weighted by atomic mass is 10.1. The number of rotatable bonds is 4. The van der Waals surface area contributed by atoms with Crippen LogP contribution in [0.2, 0.25) is 0 Å². The van der Waals surface area contributed by atoms with Gasteiger partial charge < -0.3 is 4.57 Å². The molecule has 100 valence electrons. The molecule has 6 nitrogen and oxygen atoms in total. The summed E-state index contributed by atoms with van der Waals surface area (Å²) in [5.74, 6) is 0.634. The van der Waals surface area contributed by atoms with Crippen LogP contribution in [-0.2, 0) is 6.54 Å². The zero-order chi connectivity index (χ0) is 14.0. The predicted molar refractivity (Wildman–Crippen MR) is 74.5 cm³/mol. The van der Waals surface area contributed by atoms with Crippen molar-refractivity contribution in [1.29, 1.82) is 0 Å². The lowest BCUT2D eigenvalue weighted by Gasteiger charge is -2.05. The maximum atomic E-state index is 11.0. The lowest BCUT2D eigenvalue weighted by molar-refractivity contribution is -0.385. The molecule has 0 aliphatic heterocycles. The highest BCUT2D eigenvalue weighted by Crippen LogP contribution is 2.25. The van der Waals surface area contributed by atoms with E-state index in [1.807, 2.05) is 17.6 Å². The van der Waals surface area contributed by atoms with E-state index in [-0.39, 0.29) is 10.6 Å². The Hall–Kier alpha value is -2.02. The van der Waals surface area contributed by atoms with Crippen molar-refractivity contribution in [3.63, 3.8) is 0 Å². The third-order valence-corrected chi connectivity index (χ3v) is 3.18. The highest BCUT2D eigenvalue weighted by Gasteiger charge is 2.15. The first-order valence-corrected chi connectivity index (χ1v) is 6.36. The monoisotopic (exact) mass is 278 g/mol. The number of aromatic nitrogens is 3. The number of nitro benzene ring substituents is 1. The Bertz CT molecular complexity index is 675. The standard InChI is InChI=1S/C12H14N4O2S/c1-3-6-15-11(13-14-12(15)19)9-5-4-8(2)10(7-9)16(17)18/h4-5,7H,3,6H2,1-2H3,(H,14,19).